The smallest absolute Gasteiger partial charge is 0.226 e. The third-order valence-electron chi connectivity index (χ3n) is 3.41. The van der Waals surface area contributed by atoms with Crippen molar-refractivity contribution in [2.45, 2.75) is 19.3 Å². The highest BCUT2D eigenvalue weighted by Crippen LogP contribution is 2.15. The fraction of sp³-hybridized carbons (Fsp3) is 0.429. The van der Waals surface area contributed by atoms with E-state index in [0.717, 1.165) is 41.8 Å². The van der Waals surface area contributed by atoms with Crippen molar-refractivity contribution in [2.75, 3.05) is 13.1 Å². The summed E-state index contributed by atoms with van der Waals surface area (Å²) >= 11 is 5.86. The van der Waals surface area contributed by atoms with Crippen LogP contribution in [0.1, 0.15) is 23.7 Å². The van der Waals surface area contributed by atoms with E-state index >= 15 is 0 Å². The lowest BCUT2D eigenvalue weighted by Crippen LogP contribution is -2.10. The molecule has 4 nitrogen and oxygen atoms in total. The molecule has 2 heterocycles. The van der Waals surface area contributed by atoms with Gasteiger partial charge in [-0.2, -0.15) is 4.98 Å². The molecule has 0 aliphatic carbocycles. The topological polar surface area (TPSA) is 51.0 Å². The molecular weight excluding hydrogens is 297 g/mol. The van der Waals surface area contributed by atoms with Crippen LogP contribution in [0.3, 0.4) is 0 Å². The van der Waals surface area contributed by atoms with Crippen molar-refractivity contribution < 1.29 is 4.52 Å². The van der Waals surface area contributed by atoms with Crippen molar-refractivity contribution in [3.63, 3.8) is 0 Å². The van der Waals surface area contributed by atoms with E-state index in [-0.39, 0.29) is 12.4 Å². The van der Waals surface area contributed by atoms with Crippen LogP contribution in [0.25, 0.3) is 0 Å². The van der Waals surface area contributed by atoms with Crippen LogP contribution in [-0.4, -0.2) is 23.2 Å². The number of aromatic nitrogens is 2. The van der Waals surface area contributed by atoms with Gasteiger partial charge in [-0.3, -0.25) is 0 Å². The maximum atomic E-state index is 5.86. The number of hydrogen-bond acceptors (Lipinski definition) is 4. The number of rotatable bonds is 4. The molecule has 0 spiro atoms. The summed E-state index contributed by atoms with van der Waals surface area (Å²) in [6, 6.07) is 7.72. The molecule has 2 aromatic rings. The lowest BCUT2D eigenvalue weighted by molar-refractivity contribution is 0.354. The van der Waals surface area contributed by atoms with Crippen LogP contribution in [-0.2, 0) is 12.8 Å². The minimum absolute atomic E-state index is 0. The SMILES string of the molecule is Cl.Clc1ccc(Cc2noc(CC3CCNC3)n2)cc1. The second-order valence-electron chi connectivity index (χ2n) is 4.97. The third kappa shape index (κ3) is 3.95. The Morgan fingerprint density at radius 1 is 1.30 bits per heavy atom. The summed E-state index contributed by atoms with van der Waals surface area (Å²) < 4.78 is 5.31. The van der Waals surface area contributed by atoms with E-state index in [2.05, 4.69) is 15.5 Å². The van der Waals surface area contributed by atoms with E-state index in [1.807, 2.05) is 24.3 Å². The Morgan fingerprint density at radius 3 is 2.80 bits per heavy atom. The molecule has 1 atom stereocenters. The molecule has 6 heteroatoms. The van der Waals surface area contributed by atoms with E-state index in [0.29, 0.717) is 12.3 Å². The average molecular weight is 314 g/mol. The zero-order chi connectivity index (χ0) is 13.1. The number of halogens is 2. The average Bonchev–Trinajstić information content (AvgIpc) is 3.05. The first-order chi connectivity index (χ1) is 9.29. The summed E-state index contributed by atoms with van der Waals surface area (Å²) in [6.45, 7) is 2.14. The predicted octanol–water partition coefficient (Wildman–Crippen LogP) is 2.89. The highest BCUT2D eigenvalue weighted by atomic mass is 35.5. The fourth-order valence-corrected chi connectivity index (χ4v) is 2.49. The van der Waals surface area contributed by atoms with Crippen molar-refractivity contribution >= 4 is 24.0 Å². The Labute approximate surface area is 129 Å². The van der Waals surface area contributed by atoms with Crippen LogP contribution >= 0.6 is 24.0 Å². The monoisotopic (exact) mass is 313 g/mol. The standard InChI is InChI=1S/C14H16ClN3O.ClH/c15-12-3-1-10(2-4-12)7-13-17-14(19-18-13)8-11-5-6-16-9-11;/h1-4,11,16H,5-9H2;1H. The Morgan fingerprint density at radius 2 is 2.10 bits per heavy atom. The van der Waals surface area contributed by atoms with E-state index in [9.17, 15) is 0 Å². The number of benzene rings is 1. The van der Waals surface area contributed by atoms with E-state index in [4.69, 9.17) is 16.1 Å². The van der Waals surface area contributed by atoms with Crippen LogP contribution in [0.5, 0.6) is 0 Å². The van der Waals surface area contributed by atoms with Gasteiger partial charge in [0.2, 0.25) is 5.89 Å². The van der Waals surface area contributed by atoms with E-state index in [1.165, 1.54) is 6.42 Å². The second kappa shape index (κ2) is 7.07. The zero-order valence-corrected chi connectivity index (χ0v) is 12.6. The van der Waals surface area contributed by atoms with Gasteiger partial charge >= 0.3 is 0 Å². The molecule has 0 bridgehead atoms. The molecule has 1 unspecified atom stereocenters. The van der Waals surface area contributed by atoms with Crippen LogP contribution in [0.2, 0.25) is 5.02 Å². The summed E-state index contributed by atoms with van der Waals surface area (Å²) in [6.07, 6.45) is 2.75. The van der Waals surface area contributed by atoms with Crippen molar-refractivity contribution in [2.24, 2.45) is 5.92 Å². The molecule has 1 N–H and O–H groups in total. The Bertz CT molecular complexity index is 536. The van der Waals surface area contributed by atoms with Crippen molar-refractivity contribution in [3.8, 4) is 0 Å². The molecule has 1 saturated heterocycles. The largest absolute Gasteiger partial charge is 0.339 e. The Hall–Kier alpha value is -1.10. The van der Waals surface area contributed by atoms with E-state index < -0.39 is 0 Å². The number of nitrogens with zero attached hydrogens (tertiary/aromatic N) is 2. The van der Waals surface area contributed by atoms with Gasteiger partial charge in [-0.05, 0) is 43.1 Å². The van der Waals surface area contributed by atoms with Crippen molar-refractivity contribution in [1.82, 2.24) is 15.5 Å². The van der Waals surface area contributed by atoms with Gasteiger partial charge in [0.05, 0.1) is 0 Å². The first-order valence-electron chi connectivity index (χ1n) is 6.56. The van der Waals surface area contributed by atoms with Gasteiger partial charge in [0.1, 0.15) is 0 Å². The quantitative estimate of drug-likeness (QED) is 0.943. The predicted molar refractivity (Wildman–Crippen MR) is 80.5 cm³/mol. The molecule has 1 aromatic heterocycles. The van der Waals surface area contributed by atoms with Crippen LogP contribution in [0, 0.1) is 5.92 Å². The summed E-state index contributed by atoms with van der Waals surface area (Å²) in [4.78, 5) is 4.45. The normalized spacial score (nSPS) is 17.9. The minimum Gasteiger partial charge on any atom is -0.339 e. The molecule has 1 fully saturated rings. The van der Waals surface area contributed by atoms with Crippen LogP contribution in [0.15, 0.2) is 28.8 Å². The molecule has 3 rings (SSSR count). The summed E-state index contributed by atoms with van der Waals surface area (Å²) in [7, 11) is 0. The number of hydrogen-bond donors (Lipinski definition) is 1. The molecule has 1 aliphatic heterocycles. The van der Waals surface area contributed by atoms with Gasteiger partial charge in [-0.15, -0.1) is 12.4 Å². The molecule has 20 heavy (non-hydrogen) atoms. The minimum atomic E-state index is 0. The Kier molecular flexibility index (Phi) is 5.40. The maximum Gasteiger partial charge on any atom is 0.226 e. The maximum absolute atomic E-state index is 5.86. The highest BCUT2D eigenvalue weighted by Gasteiger charge is 2.18. The van der Waals surface area contributed by atoms with Gasteiger partial charge in [-0.25, -0.2) is 0 Å². The molecule has 108 valence electrons. The Balaban J connectivity index is 0.00000147. The molecule has 1 aromatic carbocycles. The first-order valence-corrected chi connectivity index (χ1v) is 6.94. The summed E-state index contributed by atoms with van der Waals surface area (Å²) in [5.74, 6) is 2.12. The lowest BCUT2D eigenvalue weighted by atomic mass is 10.1. The summed E-state index contributed by atoms with van der Waals surface area (Å²) in [5, 5.41) is 8.12. The van der Waals surface area contributed by atoms with Crippen LogP contribution < -0.4 is 5.32 Å². The fourth-order valence-electron chi connectivity index (χ4n) is 2.37. The summed E-state index contributed by atoms with van der Waals surface area (Å²) in [5.41, 5.74) is 1.14. The molecule has 1 aliphatic rings. The van der Waals surface area contributed by atoms with Crippen molar-refractivity contribution in [3.05, 3.63) is 46.6 Å². The highest BCUT2D eigenvalue weighted by molar-refractivity contribution is 6.30. The molecule has 0 radical (unpaired) electrons. The van der Waals surface area contributed by atoms with Crippen LogP contribution in [0.4, 0.5) is 0 Å². The second-order valence-corrected chi connectivity index (χ2v) is 5.41. The lowest BCUT2D eigenvalue weighted by Gasteiger charge is -2.01. The van der Waals surface area contributed by atoms with E-state index in [1.54, 1.807) is 0 Å². The molecule has 0 saturated carbocycles. The van der Waals surface area contributed by atoms with Gasteiger partial charge in [0.25, 0.3) is 0 Å². The number of nitrogens with one attached hydrogen (secondary N) is 1. The molecular formula is C14H17Cl2N3O. The van der Waals surface area contributed by atoms with Gasteiger partial charge in [-0.1, -0.05) is 28.9 Å². The molecule has 0 amide bonds. The zero-order valence-electron chi connectivity index (χ0n) is 11.0. The van der Waals surface area contributed by atoms with Gasteiger partial charge in [0.15, 0.2) is 5.82 Å². The van der Waals surface area contributed by atoms with Gasteiger partial charge in [0, 0.05) is 17.9 Å². The van der Waals surface area contributed by atoms with Gasteiger partial charge < -0.3 is 9.84 Å². The first kappa shape index (κ1) is 15.3. The third-order valence-corrected chi connectivity index (χ3v) is 3.66. The van der Waals surface area contributed by atoms with Crippen molar-refractivity contribution in [1.29, 1.82) is 0 Å².